The molecule has 0 radical (unpaired) electrons. The smallest absolute Gasteiger partial charge is 0.341 e. The summed E-state index contributed by atoms with van der Waals surface area (Å²) < 4.78 is 4.87. The minimum Gasteiger partial charge on any atom is -0.489 e. The number of ether oxygens (including phenoxy) is 1. The largest absolute Gasteiger partial charge is 0.489 e. The number of benzene rings is 1. The van der Waals surface area contributed by atoms with Crippen molar-refractivity contribution in [2.75, 3.05) is 6.61 Å². The molecule has 2 rings (SSSR count). The van der Waals surface area contributed by atoms with Gasteiger partial charge in [0.05, 0.1) is 11.8 Å². The third-order valence-corrected chi connectivity index (χ3v) is 3.23. The van der Waals surface area contributed by atoms with Crippen LogP contribution in [0.3, 0.4) is 0 Å². The van der Waals surface area contributed by atoms with Crippen molar-refractivity contribution in [2.45, 2.75) is 5.75 Å². The molecule has 4 nitrogen and oxygen atoms in total. The Morgan fingerprint density at radius 1 is 1.47 bits per heavy atom. The zero-order valence-corrected chi connectivity index (χ0v) is 9.70. The first-order valence-electron chi connectivity index (χ1n) is 4.97. The second kappa shape index (κ2) is 5.05. The number of fused-ring (bicyclic) bond motifs is 1. The highest BCUT2D eigenvalue weighted by Gasteiger charge is 2.22. The van der Waals surface area contributed by atoms with Crippen LogP contribution in [0.1, 0.15) is 11.1 Å². The molecule has 0 saturated heterocycles. The SMILES string of the molecule is O=C(O)COC=C1C(=O)SCc2ccccc21. The third-order valence-electron chi connectivity index (χ3n) is 2.29. The Labute approximate surface area is 102 Å². The highest BCUT2D eigenvalue weighted by molar-refractivity contribution is 8.14. The van der Waals surface area contributed by atoms with Gasteiger partial charge in [0.25, 0.3) is 0 Å². The van der Waals surface area contributed by atoms with Crippen molar-refractivity contribution in [3.63, 3.8) is 0 Å². The fourth-order valence-electron chi connectivity index (χ4n) is 1.55. The van der Waals surface area contributed by atoms with Crippen LogP contribution in [0.4, 0.5) is 0 Å². The Morgan fingerprint density at radius 2 is 2.24 bits per heavy atom. The first kappa shape index (κ1) is 11.7. The van der Waals surface area contributed by atoms with Crippen LogP contribution in [0.2, 0.25) is 0 Å². The number of rotatable bonds is 3. The zero-order chi connectivity index (χ0) is 12.3. The highest BCUT2D eigenvalue weighted by atomic mass is 32.2. The fraction of sp³-hybridized carbons (Fsp3) is 0.167. The van der Waals surface area contributed by atoms with E-state index in [-0.39, 0.29) is 5.12 Å². The molecule has 17 heavy (non-hydrogen) atoms. The van der Waals surface area contributed by atoms with Gasteiger partial charge in [-0.1, -0.05) is 36.0 Å². The number of carboxylic acid groups (broad SMARTS) is 1. The molecule has 1 aromatic carbocycles. The molecule has 1 aliphatic heterocycles. The van der Waals surface area contributed by atoms with Crippen molar-refractivity contribution in [3.8, 4) is 0 Å². The molecule has 1 heterocycles. The third kappa shape index (κ3) is 2.68. The summed E-state index contributed by atoms with van der Waals surface area (Å²) in [5.41, 5.74) is 2.31. The van der Waals surface area contributed by atoms with E-state index in [4.69, 9.17) is 9.84 Å². The van der Waals surface area contributed by atoms with Crippen LogP contribution in [-0.2, 0) is 20.1 Å². The van der Waals surface area contributed by atoms with Gasteiger partial charge in [-0.25, -0.2) is 4.79 Å². The lowest BCUT2D eigenvalue weighted by molar-refractivity contribution is -0.140. The highest BCUT2D eigenvalue weighted by Crippen LogP contribution is 2.33. The summed E-state index contributed by atoms with van der Waals surface area (Å²) >= 11 is 1.19. The van der Waals surface area contributed by atoms with Crippen LogP contribution >= 0.6 is 11.8 Å². The summed E-state index contributed by atoms with van der Waals surface area (Å²) in [6.07, 6.45) is 1.24. The van der Waals surface area contributed by atoms with Gasteiger partial charge in [0.15, 0.2) is 6.61 Å². The lowest BCUT2D eigenvalue weighted by atomic mass is 10.0. The molecule has 0 aliphatic carbocycles. The Balaban J connectivity index is 2.26. The van der Waals surface area contributed by atoms with Crippen LogP contribution in [-0.4, -0.2) is 22.8 Å². The Bertz CT molecular complexity index is 493. The van der Waals surface area contributed by atoms with Crippen LogP contribution in [0.25, 0.3) is 5.57 Å². The summed E-state index contributed by atoms with van der Waals surface area (Å²) in [6.45, 7) is -0.441. The average molecular weight is 250 g/mol. The second-order valence-corrected chi connectivity index (χ2v) is 4.42. The van der Waals surface area contributed by atoms with Crippen molar-refractivity contribution < 1.29 is 19.4 Å². The van der Waals surface area contributed by atoms with E-state index in [2.05, 4.69) is 0 Å². The molecular formula is C12H10O4S. The van der Waals surface area contributed by atoms with Crippen LogP contribution in [0, 0.1) is 0 Å². The maximum Gasteiger partial charge on any atom is 0.341 e. The molecule has 0 aromatic heterocycles. The normalized spacial score (nSPS) is 16.7. The second-order valence-electron chi connectivity index (χ2n) is 3.47. The van der Waals surface area contributed by atoms with E-state index in [0.29, 0.717) is 11.3 Å². The van der Waals surface area contributed by atoms with Crippen molar-refractivity contribution in [1.29, 1.82) is 0 Å². The van der Waals surface area contributed by atoms with Crippen molar-refractivity contribution >= 4 is 28.4 Å². The molecule has 0 bridgehead atoms. The lowest BCUT2D eigenvalue weighted by Gasteiger charge is -2.16. The number of hydrogen-bond donors (Lipinski definition) is 1. The molecule has 0 amide bonds. The number of aliphatic carboxylic acids is 1. The van der Waals surface area contributed by atoms with Crippen LogP contribution < -0.4 is 0 Å². The van der Waals surface area contributed by atoms with E-state index in [9.17, 15) is 9.59 Å². The molecule has 0 fully saturated rings. The van der Waals surface area contributed by atoms with Crippen molar-refractivity contribution in [3.05, 3.63) is 41.7 Å². The van der Waals surface area contributed by atoms with E-state index in [1.165, 1.54) is 18.0 Å². The minimum atomic E-state index is -1.06. The average Bonchev–Trinajstić information content (AvgIpc) is 2.32. The summed E-state index contributed by atoms with van der Waals surface area (Å²) in [7, 11) is 0. The predicted octanol–water partition coefficient (Wildman–Crippen LogP) is 1.90. The maximum atomic E-state index is 11.7. The van der Waals surface area contributed by atoms with Gasteiger partial charge in [0.1, 0.15) is 0 Å². The molecule has 1 N–H and O–H groups in total. The van der Waals surface area contributed by atoms with E-state index in [1.54, 1.807) is 0 Å². The molecule has 0 saturated carbocycles. The van der Waals surface area contributed by atoms with Gasteiger partial charge in [0, 0.05) is 5.75 Å². The van der Waals surface area contributed by atoms with E-state index in [1.807, 2.05) is 24.3 Å². The topological polar surface area (TPSA) is 63.6 Å². The minimum absolute atomic E-state index is 0.0888. The molecule has 0 spiro atoms. The first-order valence-corrected chi connectivity index (χ1v) is 5.96. The van der Waals surface area contributed by atoms with Crippen LogP contribution in [0.15, 0.2) is 30.5 Å². The van der Waals surface area contributed by atoms with Gasteiger partial charge in [-0.15, -0.1) is 0 Å². The quantitative estimate of drug-likeness (QED) is 0.655. The van der Waals surface area contributed by atoms with Crippen molar-refractivity contribution in [1.82, 2.24) is 0 Å². The molecule has 1 aromatic rings. The van der Waals surface area contributed by atoms with Gasteiger partial charge in [-0.05, 0) is 11.1 Å². The van der Waals surface area contributed by atoms with E-state index in [0.717, 1.165) is 11.1 Å². The number of carboxylic acids is 1. The van der Waals surface area contributed by atoms with Gasteiger partial charge in [-0.3, -0.25) is 4.79 Å². The van der Waals surface area contributed by atoms with Crippen LogP contribution in [0.5, 0.6) is 0 Å². The fourth-order valence-corrected chi connectivity index (χ4v) is 2.40. The Kier molecular flexibility index (Phi) is 3.49. The number of hydrogen-bond acceptors (Lipinski definition) is 4. The number of carbonyl (C=O) groups is 2. The predicted molar refractivity (Wildman–Crippen MR) is 64.3 cm³/mol. The lowest BCUT2D eigenvalue weighted by Crippen LogP contribution is -2.09. The van der Waals surface area contributed by atoms with Gasteiger partial charge in [-0.2, -0.15) is 0 Å². The number of thioether (sulfide) groups is 1. The van der Waals surface area contributed by atoms with E-state index < -0.39 is 12.6 Å². The molecular weight excluding hydrogens is 240 g/mol. The standard InChI is InChI=1S/C12H10O4S/c13-11(14)6-16-5-10-9-4-2-1-3-8(9)7-17-12(10)15/h1-5H,6-7H2,(H,13,14). The molecule has 0 unspecified atom stereocenters. The van der Waals surface area contributed by atoms with Crippen molar-refractivity contribution in [2.24, 2.45) is 0 Å². The summed E-state index contributed by atoms with van der Waals surface area (Å²) in [6, 6.07) is 7.53. The molecule has 0 atom stereocenters. The van der Waals surface area contributed by atoms with E-state index >= 15 is 0 Å². The molecule has 88 valence electrons. The van der Waals surface area contributed by atoms with Gasteiger partial charge >= 0.3 is 5.97 Å². The Morgan fingerprint density at radius 3 is 3.00 bits per heavy atom. The first-order chi connectivity index (χ1) is 8.18. The zero-order valence-electron chi connectivity index (χ0n) is 8.88. The number of carbonyl (C=O) groups excluding carboxylic acids is 1. The summed E-state index contributed by atoms with van der Waals surface area (Å²) in [5.74, 6) is -0.420. The summed E-state index contributed by atoms with van der Waals surface area (Å²) in [5, 5.41) is 8.37. The van der Waals surface area contributed by atoms with Gasteiger partial charge in [0.2, 0.25) is 5.12 Å². The summed E-state index contributed by atoms with van der Waals surface area (Å²) in [4.78, 5) is 22.0. The molecule has 1 aliphatic rings. The van der Waals surface area contributed by atoms with Gasteiger partial charge < -0.3 is 9.84 Å². The Hall–Kier alpha value is -1.75. The monoisotopic (exact) mass is 250 g/mol. The maximum absolute atomic E-state index is 11.7. The molecule has 5 heteroatoms.